The highest BCUT2D eigenvalue weighted by atomic mass is 16.1. The average Bonchev–Trinajstić information content (AvgIpc) is 3.18. The molecule has 1 aliphatic carbocycles. The van der Waals surface area contributed by atoms with Gasteiger partial charge in [-0.2, -0.15) is 0 Å². The maximum absolute atomic E-state index is 11.9. The minimum atomic E-state index is -0.0550. The second-order valence-corrected chi connectivity index (χ2v) is 4.60. The SMILES string of the molecule is O=C(CCc1ncccn1)Nc1nccn1C1CC1. The number of nitrogens with one attached hydrogen (secondary N) is 1. The van der Waals surface area contributed by atoms with E-state index in [0.29, 0.717) is 30.7 Å². The molecule has 0 bridgehead atoms. The predicted molar refractivity (Wildman–Crippen MR) is 69.5 cm³/mol. The van der Waals surface area contributed by atoms with Crippen LogP contribution in [0.4, 0.5) is 5.95 Å². The molecule has 3 rings (SSSR count). The Hall–Kier alpha value is -2.24. The minimum Gasteiger partial charge on any atom is -0.314 e. The molecule has 6 nitrogen and oxygen atoms in total. The van der Waals surface area contributed by atoms with E-state index >= 15 is 0 Å². The molecule has 1 amide bonds. The first-order chi connectivity index (χ1) is 9.33. The van der Waals surface area contributed by atoms with Gasteiger partial charge in [0.25, 0.3) is 0 Å². The molecule has 0 atom stereocenters. The summed E-state index contributed by atoms with van der Waals surface area (Å²) in [5.74, 6) is 1.27. The van der Waals surface area contributed by atoms with Gasteiger partial charge in [-0.15, -0.1) is 0 Å². The summed E-state index contributed by atoms with van der Waals surface area (Å²) in [4.78, 5) is 24.2. The van der Waals surface area contributed by atoms with E-state index in [-0.39, 0.29) is 5.91 Å². The Balaban J connectivity index is 1.55. The van der Waals surface area contributed by atoms with Crippen molar-refractivity contribution >= 4 is 11.9 Å². The molecule has 1 N–H and O–H groups in total. The van der Waals surface area contributed by atoms with Crippen LogP contribution in [-0.4, -0.2) is 25.4 Å². The number of anilines is 1. The van der Waals surface area contributed by atoms with Crippen molar-refractivity contribution in [3.63, 3.8) is 0 Å². The van der Waals surface area contributed by atoms with Gasteiger partial charge in [0.1, 0.15) is 5.82 Å². The fraction of sp³-hybridized carbons (Fsp3) is 0.385. The Morgan fingerprint density at radius 3 is 2.79 bits per heavy atom. The van der Waals surface area contributed by atoms with Gasteiger partial charge in [-0.05, 0) is 18.9 Å². The highest BCUT2D eigenvalue weighted by Gasteiger charge is 2.25. The average molecular weight is 257 g/mol. The van der Waals surface area contributed by atoms with Gasteiger partial charge in [0.2, 0.25) is 11.9 Å². The summed E-state index contributed by atoms with van der Waals surface area (Å²) in [7, 11) is 0. The highest BCUT2D eigenvalue weighted by molar-refractivity contribution is 5.89. The van der Waals surface area contributed by atoms with Crippen LogP contribution in [-0.2, 0) is 11.2 Å². The zero-order valence-electron chi connectivity index (χ0n) is 10.5. The largest absolute Gasteiger partial charge is 0.314 e. The molecule has 1 aliphatic rings. The van der Waals surface area contributed by atoms with E-state index in [2.05, 4.69) is 20.3 Å². The van der Waals surface area contributed by atoms with Crippen molar-refractivity contribution in [3.8, 4) is 0 Å². The third-order valence-electron chi connectivity index (χ3n) is 3.06. The van der Waals surface area contributed by atoms with Crippen molar-refractivity contribution in [3.05, 3.63) is 36.7 Å². The number of carbonyl (C=O) groups is 1. The van der Waals surface area contributed by atoms with Gasteiger partial charge in [0, 0.05) is 43.7 Å². The first-order valence-corrected chi connectivity index (χ1v) is 6.41. The Bertz CT molecular complexity index is 561. The summed E-state index contributed by atoms with van der Waals surface area (Å²) >= 11 is 0. The van der Waals surface area contributed by atoms with Gasteiger partial charge in [0.05, 0.1) is 0 Å². The van der Waals surface area contributed by atoms with Crippen molar-refractivity contribution in [2.24, 2.45) is 0 Å². The molecular weight excluding hydrogens is 242 g/mol. The van der Waals surface area contributed by atoms with E-state index in [1.807, 2.05) is 10.8 Å². The van der Waals surface area contributed by atoms with Gasteiger partial charge in [-0.1, -0.05) is 0 Å². The Labute approximate surface area is 110 Å². The van der Waals surface area contributed by atoms with Crippen LogP contribution in [0.3, 0.4) is 0 Å². The molecule has 98 valence electrons. The van der Waals surface area contributed by atoms with E-state index in [1.54, 1.807) is 24.7 Å². The third-order valence-corrected chi connectivity index (χ3v) is 3.06. The van der Waals surface area contributed by atoms with Crippen molar-refractivity contribution in [2.45, 2.75) is 31.7 Å². The standard InChI is InChI=1S/C13H15N5O/c19-12(5-4-11-14-6-1-7-15-11)17-13-16-8-9-18(13)10-2-3-10/h1,6-10H,2-5H2,(H,16,17,19). The lowest BCUT2D eigenvalue weighted by Gasteiger charge is -2.07. The number of amides is 1. The number of hydrogen-bond acceptors (Lipinski definition) is 4. The molecule has 0 aliphatic heterocycles. The fourth-order valence-corrected chi connectivity index (χ4v) is 1.93. The second-order valence-electron chi connectivity index (χ2n) is 4.60. The first-order valence-electron chi connectivity index (χ1n) is 6.41. The molecule has 0 saturated heterocycles. The molecule has 1 saturated carbocycles. The maximum atomic E-state index is 11.9. The number of aryl methyl sites for hydroxylation is 1. The quantitative estimate of drug-likeness (QED) is 0.882. The number of nitrogens with zero attached hydrogens (tertiary/aromatic N) is 4. The Morgan fingerprint density at radius 2 is 2.05 bits per heavy atom. The van der Waals surface area contributed by atoms with Gasteiger partial charge < -0.3 is 4.57 Å². The van der Waals surface area contributed by atoms with Crippen molar-refractivity contribution < 1.29 is 4.79 Å². The zero-order chi connectivity index (χ0) is 13.1. The van der Waals surface area contributed by atoms with Crippen molar-refractivity contribution in [1.29, 1.82) is 0 Å². The molecule has 2 aromatic heterocycles. The number of carbonyl (C=O) groups excluding carboxylic acids is 1. The van der Waals surface area contributed by atoms with Crippen LogP contribution in [0.1, 0.15) is 31.1 Å². The first kappa shape index (κ1) is 11.8. The van der Waals surface area contributed by atoms with Gasteiger partial charge >= 0.3 is 0 Å². The van der Waals surface area contributed by atoms with Crippen LogP contribution < -0.4 is 5.32 Å². The summed E-state index contributed by atoms with van der Waals surface area (Å²) in [6.07, 6.45) is 10.2. The van der Waals surface area contributed by atoms with Crippen LogP contribution in [0.5, 0.6) is 0 Å². The summed E-state index contributed by atoms with van der Waals surface area (Å²) in [5, 5.41) is 2.84. The molecule has 19 heavy (non-hydrogen) atoms. The topological polar surface area (TPSA) is 72.7 Å². The molecule has 2 heterocycles. The monoisotopic (exact) mass is 257 g/mol. The van der Waals surface area contributed by atoms with Crippen LogP contribution >= 0.6 is 0 Å². The summed E-state index contributed by atoms with van der Waals surface area (Å²) < 4.78 is 2.02. The van der Waals surface area contributed by atoms with E-state index in [4.69, 9.17) is 0 Å². The van der Waals surface area contributed by atoms with E-state index in [0.717, 1.165) is 12.8 Å². The minimum absolute atomic E-state index is 0.0550. The van der Waals surface area contributed by atoms with Crippen LogP contribution in [0.2, 0.25) is 0 Å². The van der Waals surface area contributed by atoms with Crippen LogP contribution in [0, 0.1) is 0 Å². The maximum Gasteiger partial charge on any atom is 0.227 e. The molecular formula is C13H15N5O. The summed E-state index contributed by atoms with van der Waals surface area (Å²) in [5.41, 5.74) is 0. The van der Waals surface area contributed by atoms with Gasteiger partial charge in [-0.3, -0.25) is 10.1 Å². The third kappa shape index (κ3) is 2.96. The molecule has 0 aromatic carbocycles. The highest BCUT2D eigenvalue weighted by Crippen LogP contribution is 2.36. The smallest absolute Gasteiger partial charge is 0.227 e. The molecule has 0 unspecified atom stereocenters. The second kappa shape index (κ2) is 5.17. The number of imidazole rings is 1. The van der Waals surface area contributed by atoms with E-state index in [9.17, 15) is 4.79 Å². The molecule has 6 heteroatoms. The van der Waals surface area contributed by atoms with Crippen LogP contribution in [0.15, 0.2) is 30.9 Å². The number of hydrogen-bond donors (Lipinski definition) is 1. The Morgan fingerprint density at radius 1 is 1.26 bits per heavy atom. The van der Waals surface area contributed by atoms with Gasteiger partial charge in [-0.25, -0.2) is 15.0 Å². The van der Waals surface area contributed by atoms with Crippen molar-refractivity contribution in [2.75, 3.05) is 5.32 Å². The molecule has 0 spiro atoms. The van der Waals surface area contributed by atoms with Crippen molar-refractivity contribution in [1.82, 2.24) is 19.5 Å². The van der Waals surface area contributed by atoms with Crippen LogP contribution in [0.25, 0.3) is 0 Å². The van der Waals surface area contributed by atoms with E-state index < -0.39 is 0 Å². The number of aromatic nitrogens is 4. The lowest BCUT2D eigenvalue weighted by Crippen LogP contribution is -2.16. The zero-order valence-corrected chi connectivity index (χ0v) is 10.5. The fourth-order valence-electron chi connectivity index (χ4n) is 1.93. The van der Waals surface area contributed by atoms with E-state index in [1.165, 1.54) is 0 Å². The van der Waals surface area contributed by atoms with Gasteiger partial charge in [0.15, 0.2) is 0 Å². The normalized spacial score (nSPS) is 14.3. The molecule has 0 radical (unpaired) electrons. The molecule has 1 fully saturated rings. The summed E-state index contributed by atoms with van der Waals surface area (Å²) in [6, 6.07) is 2.27. The lowest BCUT2D eigenvalue weighted by atomic mass is 10.3. The molecule has 2 aromatic rings. The number of rotatable bonds is 5. The summed E-state index contributed by atoms with van der Waals surface area (Å²) in [6.45, 7) is 0. The Kier molecular flexibility index (Phi) is 3.22. The lowest BCUT2D eigenvalue weighted by molar-refractivity contribution is -0.116. The predicted octanol–water partition coefficient (Wildman–Crippen LogP) is 1.58.